The van der Waals surface area contributed by atoms with Gasteiger partial charge in [-0.05, 0) is 30.4 Å². The number of anilines is 1. The molecule has 2 aromatic heterocycles. The lowest BCUT2D eigenvalue weighted by Crippen LogP contribution is -2.38. The fraction of sp³-hybridized carbons (Fsp3) is 0.533. The monoisotopic (exact) mass is 258 g/mol. The molecule has 0 aliphatic carbocycles. The van der Waals surface area contributed by atoms with Crippen molar-refractivity contribution in [2.75, 3.05) is 18.0 Å². The average Bonchev–Trinajstić information content (AvgIpc) is 2.79. The molecule has 4 nitrogen and oxygen atoms in total. The predicted octanol–water partition coefficient (Wildman–Crippen LogP) is 2.28. The standard InChI is InChI=1S/C15H22N4/c1-11-5-12(2)8-18(7-11)14-3-4-15-17-13(6-16)9-19(15)10-14/h3-4,9-12H,5-8,16H2,1-2H3. The highest BCUT2D eigenvalue weighted by Gasteiger charge is 2.22. The van der Waals surface area contributed by atoms with Crippen LogP contribution in [0.2, 0.25) is 0 Å². The van der Waals surface area contributed by atoms with Crippen molar-refractivity contribution in [1.29, 1.82) is 0 Å². The van der Waals surface area contributed by atoms with Crippen LogP contribution in [0.1, 0.15) is 26.0 Å². The van der Waals surface area contributed by atoms with E-state index in [0.29, 0.717) is 6.54 Å². The molecule has 3 rings (SSSR count). The van der Waals surface area contributed by atoms with Gasteiger partial charge in [0.25, 0.3) is 0 Å². The third-order valence-corrected chi connectivity index (χ3v) is 3.93. The van der Waals surface area contributed by atoms with Gasteiger partial charge < -0.3 is 15.0 Å². The first-order valence-corrected chi connectivity index (χ1v) is 7.08. The van der Waals surface area contributed by atoms with Gasteiger partial charge in [-0.15, -0.1) is 0 Å². The summed E-state index contributed by atoms with van der Waals surface area (Å²) in [5.74, 6) is 1.53. The predicted molar refractivity (Wildman–Crippen MR) is 78.2 cm³/mol. The molecule has 1 saturated heterocycles. The van der Waals surface area contributed by atoms with Crippen LogP contribution in [0.3, 0.4) is 0 Å². The van der Waals surface area contributed by atoms with Crippen LogP contribution in [0.15, 0.2) is 24.5 Å². The van der Waals surface area contributed by atoms with E-state index in [9.17, 15) is 0 Å². The van der Waals surface area contributed by atoms with Crippen molar-refractivity contribution in [3.05, 3.63) is 30.2 Å². The third kappa shape index (κ3) is 2.45. The Kier molecular flexibility index (Phi) is 3.19. The van der Waals surface area contributed by atoms with Crippen LogP contribution in [0.4, 0.5) is 5.69 Å². The lowest BCUT2D eigenvalue weighted by molar-refractivity contribution is 0.356. The highest BCUT2D eigenvalue weighted by atomic mass is 15.2. The van der Waals surface area contributed by atoms with E-state index >= 15 is 0 Å². The van der Waals surface area contributed by atoms with Crippen molar-refractivity contribution in [1.82, 2.24) is 9.38 Å². The van der Waals surface area contributed by atoms with Gasteiger partial charge in [-0.3, -0.25) is 0 Å². The fourth-order valence-electron chi connectivity index (χ4n) is 3.19. The van der Waals surface area contributed by atoms with E-state index in [-0.39, 0.29) is 0 Å². The Morgan fingerprint density at radius 2 is 1.95 bits per heavy atom. The first-order valence-electron chi connectivity index (χ1n) is 7.08. The molecule has 2 aromatic rings. The van der Waals surface area contributed by atoms with Crippen LogP contribution in [0.25, 0.3) is 5.65 Å². The molecular weight excluding hydrogens is 236 g/mol. The Labute approximate surface area is 114 Å². The smallest absolute Gasteiger partial charge is 0.137 e. The largest absolute Gasteiger partial charge is 0.370 e. The van der Waals surface area contributed by atoms with Crippen molar-refractivity contribution in [3.8, 4) is 0 Å². The van der Waals surface area contributed by atoms with Crippen molar-refractivity contribution in [2.24, 2.45) is 17.6 Å². The van der Waals surface area contributed by atoms with Gasteiger partial charge in [-0.1, -0.05) is 13.8 Å². The number of hydrogen-bond acceptors (Lipinski definition) is 3. The van der Waals surface area contributed by atoms with Gasteiger partial charge in [-0.2, -0.15) is 0 Å². The summed E-state index contributed by atoms with van der Waals surface area (Å²) in [5, 5.41) is 0. The summed E-state index contributed by atoms with van der Waals surface area (Å²) in [5.41, 5.74) is 8.85. The van der Waals surface area contributed by atoms with Crippen molar-refractivity contribution in [3.63, 3.8) is 0 Å². The SMILES string of the molecule is CC1CC(C)CN(c2ccc3nc(CN)cn3c2)C1. The second-order valence-corrected chi connectivity index (χ2v) is 5.94. The summed E-state index contributed by atoms with van der Waals surface area (Å²) in [7, 11) is 0. The molecule has 102 valence electrons. The van der Waals surface area contributed by atoms with Crippen LogP contribution >= 0.6 is 0 Å². The molecule has 4 heteroatoms. The molecule has 0 saturated carbocycles. The van der Waals surface area contributed by atoms with Crippen LogP contribution in [-0.2, 0) is 6.54 Å². The number of hydrogen-bond donors (Lipinski definition) is 1. The Hall–Kier alpha value is -1.55. The van der Waals surface area contributed by atoms with E-state index < -0.39 is 0 Å². The number of imidazole rings is 1. The second kappa shape index (κ2) is 4.85. The Morgan fingerprint density at radius 1 is 1.21 bits per heavy atom. The van der Waals surface area contributed by atoms with Gasteiger partial charge in [0, 0.05) is 32.0 Å². The molecule has 0 spiro atoms. The van der Waals surface area contributed by atoms with Crippen molar-refractivity contribution < 1.29 is 0 Å². The number of nitrogens with zero attached hydrogens (tertiary/aromatic N) is 3. The van der Waals surface area contributed by atoms with Crippen molar-refractivity contribution in [2.45, 2.75) is 26.8 Å². The van der Waals surface area contributed by atoms with E-state index in [1.54, 1.807) is 0 Å². The molecule has 2 atom stereocenters. The molecule has 1 aliphatic heterocycles. The van der Waals surface area contributed by atoms with Gasteiger partial charge in [-0.25, -0.2) is 4.98 Å². The zero-order chi connectivity index (χ0) is 13.4. The maximum Gasteiger partial charge on any atom is 0.137 e. The average molecular weight is 258 g/mol. The van der Waals surface area contributed by atoms with E-state index in [2.05, 4.69) is 46.5 Å². The molecule has 0 radical (unpaired) electrons. The van der Waals surface area contributed by atoms with Crippen LogP contribution < -0.4 is 10.6 Å². The van der Waals surface area contributed by atoms with E-state index in [1.807, 2.05) is 6.20 Å². The zero-order valence-electron chi connectivity index (χ0n) is 11.7. The number of fused-ring (bicyclic) bond motifs is 1. The summed E-state index contributed by atoms with van der Waals surface area (Å²) in [6.07, 6.45) is 5.53. The Morgan fingerprint density at radius 3 is 2.63 bits per heavy atom. The highest BCUT2D eigenvalue weighted by molar-refractivity contribution is 5.52. The van der Waals surface area contributed by atoms with Gasteiger partial charge in [0.15, 0.2) is 0 Å². The number of nitrogens with two attached hydrogens (primary N) is 1. The number of rotatable bonds is 2. The summed E-state index contributed by atoms with van der Waals surface area (Å²) >= 11 is 0. The molecule has 19 heavy (non-hydrogen) atoms. The molecule has 2 unspecified atom stereocenters. The quantitative estimate of drug-likeness (QED) is 0.899. The van der Waals surface area contributed by atoms with Gasteiger partial charge in [0.05, 0.1) is 11.4 Å². The summed E-state index contributed by atoms with van der Waals surface area (Å²) in [6.45, 7) is 7.47. The van der Waals surface area contributed by atoms with Crippen LogP contribution in [-0.4, -0.2) is 22.5 Å². The summed E-state index contributed by atoms with van der Waals surface area (Å²) < 4.78 is 2.08. The molecule has 2 N–H and O–H groups in total. The molecule has 1 aliphatic rings. The lowest BCUT2D eigenvalue weighted by Gasteiger charge is -2.36. The minimum absolute atomic E-state index is 0.495. The lowest BCUT2D eigenvalue weighted by atomic mass is 9.92. The molecule has 0 bridgehead atoms. The summed E-state index contributed by atoms with van der Waals surface area (Å²) in [6, 6.07) is 4.26. The van der Waals surface area contributed by atoms with E-state index in [4.69, 9.17) is 5.73 Å². The fourth-order valence-corrected chi connectivity index (χ4v) is 3.19. The maximum absolute atomic E-state index is 5.64. The minimum Gasteiger partial charge on any atom is -0.370 e. The normalized spacial score (nSPS) is 24.1. The van der Waals surface area contributed by atoms with Crippen LogP contribution in [0, 0.1) is 11.8 Å². The van der Waals surface area contributed by atoms with Gasteiger partial charge >= 0.3 is 0 Å². The van der Waals surface area contributed by atoms with Crippen LogP contribution in [0.5, 0.6) is 0 Å². The van der Waals surface area contributed by atoms with Crippen molar-refractivity contribution >= 4 is 11.3 Å². The molecule has 0 aromatic carbocycles. The first kappa shape index (κ1) is 12.5. The van der Waals surface area contributed by atoms with E-state index in [1.165, 1.54) is 12.1 Å². The minimum atomic E-state index is 0.495. The first-order chi connectivity index (χ1) is 9.15. The van der Waals surface area contributed by atoms with Gasteiger partial charge in [0.1, 0.15) is 5.65 Å². The van der Waals surface area contributed by atoms with Gasteiger partial charge in [0.2, 0.25) is 0 Å². The molecular formula is C15H22N4. The van der Waals surface area contributed by atoms with E-state index in [0.717, 1.165) is 36.3 Å². The molecule has 0 amide bonds. The third-order valence-electron chi connectivity index (χ3n) is 3.93. The molecule has 1 fully saturated rings. The summed E-state index contributed by atoms with van der Waals surface area (Å²) in [4.78, 5) is 6.95. The topological polar surface area (TPSA) is 46.6 Å². The maximum atomic E-state index is 5.64. The Balaban J connectivity index is 1.91. The second-order valence-electron chi connectivity index (χ2n) is 5.94. The molecule has 3 heterocycles. The Bertz CT molecular complexity index is 565. The zero-order valence-corrected chi connectivity index (χ0v) is 11.7. The highest BCUT2D eigenvalue weighted by Crippen LogP contribution is 2.26. The number of pyridine rings is 1. The number of aromatic nitrogens is 2. The number of piperidine rings is 1.